The van der Waals surface area contributed by atoms with E-state index in [4.69, 9.17) is 4.74 Å². The Kier molecular flexibility index (Phi) is 4.72. The number of amides is 1. The molecule has 0 radical (unpaired) electrons. The zero-order valence-electron chi connectivity index (χ0n) is 15.3. The molecule has 4 nitrogen and oxygen atoms in total. The first-order valence-corrected chi connectivity index (χ1v) is 9.85. The average Bonchev–Trinajstić information content (AvgIpc) is 3.02. The maximum Gasteiger partial charge on any atom is 0.222 e. The molecule has 1 atom stereocenters. The summed E-state index contributed by atoms with van der Waals surface area (Å²) in [6, 6.07) is 11.0. The van der Waals surface area contributed by atoms with Crippen molar-refractivity contribution >= 4 is 11.6 Å². The van der Waals surface area contributed by atoms with Gasteiger partial charge in [-0.25, -0.2) is 0 Å². The summed E-state index contributed by atoms with van der Waals surface area (Å²) in [5.74, 6) is 1.03. The molecule has 0 N–H and O–H groups in total. The van der Waals surface area contributed by atoms with Crippen molar-refractivity contribution in [1.82, 2.24) is 4.90 Å². The van der Waals surface area contributed by atoms with E-state index in [1.54, 1.807) is 0 Å². The van der Waals surface area contributed by atoms with Crippen LogP contribution in [0.1, 0.15) is 44.9 Å². The normalized spacial score (nSPS) is 25.8. The molecule has 2 heterocycles. The topological polar surface area (TPSA) is 32.8 Å². The predicted molar refractivity (Wildman–Crippen MR) is 99.7 cm³/mol. The first-order chi connectivity index (χ1) is 12.2. The molecule has 136 valence electrons. The molecule has 1 saturated carbocycles. The van der Waals surface area contributed by atoms with Crippen LogP contribution >= 0.6 is 0 Å². The first kappa shape index (κ1) is 16.9. The van der Waals surface area contributed by atoms with Crippen molar-refractivity contribution in [3.63, 3.8) is 0 Å². The molecule has 25 heavy (non-hydrogen) atoms. The third kappa shape index (κ3) is 3.55. The Morgan fingerprint density at radius 1 is 1.24 bits per heavy atom. The molecule has 0 unspecified atom stereocenters. The van der Waals surface area contributed by atoms with Crippen LogP contribution < -0.4 is 4.90 Å². The second-order valence-corrected chi connectivity index (χ2v) is 8.18. The summed E-state index contributed by atoms with van der Waals surface area (Å²) in [5.41, 5.74) is 1.24. The maximum atomic E-state index is 12.4. The number of carbonyl (C=O) groups is 1. The number of ether oxygens (including phenoxy) is 1. The van der Waals surface area contributed by atoms with Gasteiger partial charge in [-0.3, -0.25) is 4.79 Å². The smallest absolute Gasteiger partial charge is 0.222 e. The van der Waals surface area contributed by atoms with E-state index in [9.17, 15) is 4.79 Å². The van der Waals surface area contributed by atoms with E-state index >= 15 is 0 Å². The zero-order valence-corrected chi connectivity index (χ0v) is 15.3. The SMILES string of the molecule is CN(c1ccccc1)[C@H]1COC2(CCN(C(=O)CC3CCC3)CC2)C1. The zero-order chi connectivity index (χ0) is 17.3. The molecule has 0 aromatic heterocycles. The molecule has 4 heteroatoms. The van der Waals surface area contributed by atoms with Gasteiger partial charge in [0, 0.05) is 32.2 Å². The number of para-hydroxylation sites is 1. The quantitative estimate of drug-likeness (QED) is 0.840. The second-order valence-electron chi connectivity index (χ2n) is 8.18. The van der Waals surface area contributed by atoms with Crippen LogP contribution in [-0.2, 0) is 9.53 Å². The van der Waals surface area contributed by atoms with Crippen LogP contribution in [0.4, 0.5) is 5.69 Å². The fourth-order valence-electron chi connectivity index (χ4n) is 4.53. The summed E-state index contributed by atoms with van der Waals surface area (Å²) >= 11 is 0. The van der Waals surface area contributed by atoms with Crippen molar-refractivity contribution < 1.29 is 9.53 Å². The summed E-state index contributed by atoms with van der Waals surface area (Å²) in [6.07, 6.45) is 7.63. The van der Waals surface area contributed by atoms with Gasteiger partial charge in [-0.1, -0.05) is 24.6 Å². The van der Waals surface area contributed by atoms with Gasteiger partial charge < -0.3 is 14.5 Å². The predicted octanol–water partition coefficient (Wildman–Crippen LogP) is 3.46. The third-order valence-electron chi connectivity index (χ3n) is 6.62. The third-order valence-corrected chi connectivity index (χ3v) is 6.62. The molecule has 3 fully saturated rings. The largest absolute Gasteiger partial charge is 0.373 e. The minimum Gasteiger partial charge on any atom is -0.373 e. The van der Waals surface area contributed by atoms with Gasteiger partial charge in [0.2, 0.25) is 5.91 Å². The van der Waals surface area contributed by atoms with Crippen molar-refractivity contribution in [1.29, 1.82) is 0 Å². The number of likely N-dealkylation sites (N-methyl/N-ethyl adjacent to an activating group) is 1. The second kappa shape index (κ2) is 6.99. The van der Waals surface area contributed by atoms with Crippen molar-refractivity contribution in [3.8, 4) is 0 Å². The Morgan fingerprint density at radius 2 is 1.96 bits per heavy atom. The summed E-state index contributed by atoms with van der Waals surface area (Å²) in [7, 11) is 2.17. The molecule has 1 amide bonds. The Hall–Kier alpha value is -1.55. The van der Waals surface area contributed by atoms with Gasteiger partial charge in [-0.2, -0.15) is 0 Å². The Labute approximate surface area is 151 Å². The Morgan fingerprint density at radius 3 is 2.60 bits per heavy atom. The minimum absolute atomic E-state index is 0.0129. The number of benzene rings is 1. The van der Waals surface area contributed by atoms with E-state index in [2.05, 4.69) is 47.2 Å². The van der Waals surface area contributed by atoms with Gasteiger partial charge in [0.1, 0.15) is 0 Å². The molecule has 0 bridgehead atoms. The van der Waals surface area contributed by atoms with Crippen LogP contribution in [0.3, 0.4) is 0 Å². The lowest BCUT2D eigenvalue weighted by Crippen LogP contribution is -2.47. The van der Waals surface area contributed by atoms with Crippen LogP contribution in [0.5, 0.6) is 0 Å². The molecular weight excluding hydrogens is 312 g/mol. The molecule has 1 aliphatic carbocycles. The van der Waals surface area contributed by atoms with Crippen LogP contribution in [0, 0.1) is 5.92 Å². The number of likely N-dealkylation sites (tertiary alicyclic amines) is 1. The molecule has 2 saturated heterocycles. The van der Waals surface area contributed by atoms with Gasteiger partial charge >= 0.3 is 0 Å². The highest BCUT2D eigenvalue weighted by molar-refractivity contribution is 5.76. The molecule has 3 aliphatic rings. The maximum absolute atomic E-state index is 12.4. The van der Waals surface area contributed by atoms with E-state index in [1.807, 2.05) is 0 Å². The van der Waals surface area contributed by atoms with Gasteiger partial charge in [-0.15, -0.1) is 0 Å². The first-order valence-electron chi connectivity index (χ1n) is 9.85. The number of anilines is 1. The summed E-state index contributed by atoms with van der Waals surface area (Å²) < 4.78 is 6.30. The molecule has 4 rings (SSSR count). The number of piperidine rings is 1. The van der Waals surface area contributed by atoms with E-state index < -0.39 is 0 Å². The van der Waals surface area contributed by atoms with Crippen molar-refractivity contribution in [2.24, 2.45) is 5.92 Å². The average molecular weight is 342 g/mol. The van der Waals surface area contributed by atoms with Gasteiger partial charge in [0.05, 0.1) is 18.2 Å². The van der Waals surface area contributed by atoms with Crippen molar-refractivity contribution in [2.75, 3.05) is 31.6 Å². The standard InChI is InChI=1S/C21H30N2O2/c1-22(18-8-3-2-4-9-18)19-15-21(25-16-19)10-12-23(13-11-21)20(24)14-17-6-5-7-17/h2-4,8-9,17,19H,5-7,10-16H2,1H3/t19-/m1/s1. The molecule has 1 aromatic rings. The van der Waals surface area contributed by atoms with Gasteiger partial charge in [0.15, 0.2) is 0 Å². The fraction of sp³-hybridized carbons (Fsp3) is 0.667. The molecule has 1 aromatic carbocycles. The number of carbonyl (C=O) groups excluding carboxylic acids is 1. The molecule has 1 spiro atoms. The van der Waals surface area contributed by atoms with E-state index in [0.717, 1.165) is 45.4 Å². The highest BCUT2D eigenvalue weighted by Crippen LogP contribution is 2.39. The monoisotopic (exact) mass is 342 g/mol. The summed E-state index contributed by atoms with van der Waals surface area (Å²) in [6.45, 7) is 2.53. The molecule has 2 aliphatic heterocycles. The van der Waals surface area contributed by atoms with Crippen LogP contribution in [-0.4, -0.2) is 49.2 Å². The van der Waals surface area contributed by atoms with Crippen LogP contribution in [0.15, 0.2) is 30.3 Å². The van der Waals surface area contributed by atoms with Gasteiger partial charge in [-0.05, 0) is 50.2 Å². The summed E-state index contributed by atoms with van der Waals surface area (Å²) in [5, 5.41) is 0. The lowest BCUT2D eigenvalue weighted by atomic mass is 9.82. The fourth-order valence-corrected chi connectivity index (χ4v) is 4.53. The number of hydrogen-bond donors (Lipinski definition) is 0. The van der Waals surface area contributed by atoms with E-state index in [0.29, 0.717) is 17.9 Å². The highest BCUT2D eigenvalue weighted by Gasteiger charge is 2.44. The number of hydrogen-bond acceptors (Lipinski definition) is 3. The Bertz CT molecular complexity index is 591. The van der Waals surface area contributed by atoms with Crippen molar-refractivity contribution in [3.05, 3.63) is 30.3 Å². The lowest BCUT2D eigenvalue weighted by Gasteiger charge is -2.40. The van der Waals surface area contributed by atoms with E-state index in [1.165, 1.54) is 24.9 Å². The Balaban J connectivity index is 1.30. The van der Waals surface area contributed by atoms with Gasteiger partial charge in [0.25, 0.3) is 0 Å². The van der Waals surface area contributed by atoms with Crippen LogP contribution in [0.2, 0.25) is 0 Å². The lowest BCUT2D eigenvalue weighted by molar-refractivity contribution is -0.137. The van der Waals surface area contributed by atoms with Crippen molar-refractivity contribution in [2.45, 2.75) is 56.6 Å². The minimum atomic E-state index is -0.0129. The van der Waals surface area contributed by atoms with Crippen LogP contribution in [0.25, 0.3) is 0 Å². The summed E-state index contributed by atoms with van der Waals surface area (Å²) in [4.78, 5) is 16.9. The molecular formula is C21H30N2O2. The highest BCUT2D eigenvalue weighted by atomic mass is 16.5. The number of nitrogens with zero attached hydrogens (tertiary/aromatic N) is 2. The number of rotatable bonds is 4. The van der Waals surface area contributed by atoms with E-state index in [-0.39, 0.29) is 5.60 Å².